The minimum absolute atomic E-state index is 0.0391. The molecule has 6 heteroatoms. The van der Waals surface area contributed by atoms with Gasteiger partial charge in [0.15, 0.2) is 0 Å². The second-order valence-corrected chi connectivity index (χ2v) is 6.88. The van der Waals surface area contributed by atoms with Crippen molar-refractivity contribution in [3.63, 3.8) is 0 Å². The van der Waals surface area contributed by atoms with Crippen molar-refractivity contribution >= 4 is 28.9 Å². The van der Waals surface area contributed by atoms with E-state index in [1.54, 1.807) is 16.2 Å². The fraction of sp³-hybridized carbons (Fsp3) is 0.389. The van der Waals surface area contributed by atoms with E-state index in [4.69, 9.17) is 4.74 Å². The molecule has 0 radical (unpaired) electrons. The molecule has 1 aromatic heterocycles. The zero-order valence-electron chi connectivity index (χ0n) is 13.8. The quantitative estimate of drug-likeness (QED) is 0.782. The molecule has 1 aliphatic heterocycles. The molecule has 0 aliphatic carbocycles. The number of rotatable bonds is 5. The van der Waals surface area contributed by atoms with Crippen LogP contribution in [0.2, 0.25) is 0 Å². The summed E-state index contributed by atoms with van der Waals surface area (Å²) < 4.78 is 5.35. The molecular weight excluding hydrogens is 324 g/mol. The average molecular weight is 344 g/mol. The maximum Gasteiger partial charge on any atom is 0.311 e. The molecule has 1 fully saturated rings. The van der Waals surface area contributed by atoms with Gasteiger partial charge in [0.05, 0.1) is 16.6 Å². The predicted molar refractivity (Wildman–Crippen MR) is 92.9 cm³/mol. The Hall–Kier alpha value is -2.21. The zero-order chi connectivity index (χ0) is 17.1. The monoisotopic (exact) mass is 344 g/mol. The van der Waals surface area contributed by atoms with Crippen LogP contribution in [0, 0.1) is 12.8 Å². The van der Waals surface area contributed by atoms with Crippen LogP contribution in [-0.4, -0.2) is 23.4 Å². The van der Waals surface area contributed by atoms with E-state index in [0.717, 1.165) is 28.4 Å². The van der Waals surface area contributed by atoms with Crippen molar-refractivity contribution in [2.45, 2.75) is 33.3 Å². The van der Waals surface area contributed by atoms with Crippen molar-refractivity contribution in [1.29, 1.82) is 0 Å². The summed E-state index contributed by atoms with van der Waals surface area (Å²) in [5, 5.41) is 2.94. The normalized spacial score (nSPS) is 17.3. The summed E-state index contributed by atoms with van der Waals surface area (Å²) >= 11 is 1.57. The summed E-state index contributed by atoms with van der Waals surface area (Å²) in [5.74, 6) is -0.783. The molecule has 0 spiro atoms. The second-order valence-electron chi connectivity index (χ2n) is 5.93. The Morgan fingerprint density at radius 1 is 1.38 bits per heavy atom. The first-order valence-corrected chi connectivity index (χ1v) is 8.91. The number of nitrogens with zero attached hydrogens (tertiary/aromatic N) is 2. The molecule has 0 N–H and O–H groups in total. The van der Waals surface area contributed by atoms with Gasteiger partial charge in [-0.25, -0.2) is 4.98 Å². The molecule has 1 atom stereocenters. The van der Waals surface area contributed by atoms with Crippen molar-refractivity contribution < 1.29 is 14.3 Å². The third-order valence-electron chi connectivity index (χ3n) is 4.07. The van der Waals surface area contributed by atoms with Gasteiger partial charge < -0.3 is 9.64 Å². The summed E-state index contributed by atoms with van der Waals surface area (Å²) in [7, 11) is 0. The van der Waals surface area contributed by atoms with Crippen molar-refractivity contribution in [1.82, 2.24) is 4.98 Å². The highest BCUT2D eigenvalue weighted by Crippen LogP contribution is 2.26. The fourth-order valence-electron chi connectivity index (χ4n) is 2.68. The van der Waals surface area contributed by atoms with Crippen molar-refractivity contribution in [2.75, 3.05) is 11.4 Å². The molecule has 0 bridgehead atoms. The number of carbonyl (C=O) groups is 2. The number of ether oxygens (including phenoxy) is 1. The van der Waals surface area contributed by atoms with Crippen LogP contribution < -0.4 is 4.90 Å². The zero-order valence-corrected chi connectivity index (χ0v) is 14.6. The van der Waals surface area contributed by atoms with Gasteiger partial charge in [-0.15, -0.1) is 11.3 Å². The van der Waals surface area contributed by atoms with Crippen LogP contribution in [0.25, 0.3) is 0 Å². The Morgan fingerprint density at radius 2 is 2.12 bits per heavy atom. The van der Waals surface area contributed by atoms with Crippen molar-refractivity contribution in [3.8, 4) is 0 Å². The summed E-state index contributed by atoms with van der Waals surface area (Å²) in [6.45, 7) is 4.58. The van der Waals surface area contributed by atoms with Gasteiger partial charge in [-0.3, -0.25) is 9.59 Å². The van der Waals surface area contributed by atoms with Crippen LogP contribution in [0.5, 0.6) is 0 Å². The first-order chi connectivity index (χ1) is 11.6. The molecule has 3 rings (SSSR count). The SMILES string of the molecule is CCc1nc(COC(=O)C2CC(=O)N(c3ccc(C)cc3)C2)cs1. The predicted octanol–water partition coefficient (Wildman–Crippen LogP) is 3.11. The molecule has 1 amide bonds. The standard InChI is InChI=1S/C18H20N2O3S/c1-3-16-19-14(11-24-16)10-23-18(22)13-8-17(21)20(9-13)15-6-4-12(2)5-7-15/h4-7,11,13H,3,8-10H2,1-2H3. The van der Waals surface area contributed by atoms with Gasteiger partial charge in [0.25, 0.3) is 0 Å². The molecule has 2 heterocycles. The van der Waals surface area contributed by atoms with E-state index in [0.29, 0.717) is 6.54 Å². The van der Waals surface area contributed by atoms with Gasteiger partial charge in [0.1, 0.15) is 6.61 Å². The van der Waals surface area contributed by atoms with E-state index >= 15 is 0 Å². The van der Waals surface area contributed by atoms with Crippen molar-refractivity contribution in [3.05, 3.63) is 45.9 Å². The van der Waals surface area contributed by atoms with E-state index in [1.165, 1.54) is 0 Å². The average Bonchev–Trinajstić information content (AvgIpc) is 3.20. The highest BCUT2D eigenvalue weighted by molar-refractivity contribution is 7.09. The van der Waals surface area contributed by atoms with Crippen LogP contribution in [0.15, 0.2) is 29.6 Å². The summed E-state index contributed by atoms with van der Waals surface area (Å²) in [4.78, 5) is 30.5. The Balaban J connectivity index is 1.58. The number of aromatic nitrogens is 1. The van der Waals surface area contributed by atoms with E-state index < -0.39 is 5.92 Å². The lowest BCUT2D eigenvalue weighted by Gasteiger charge is -2.16. The largest absolute Gasteiger partial charge is 0.459 e. The van der Waals surface area contributed by atoms with Gasteiger partial charge in [-0.2, -0.15) is 0 Å². The first kappa shape index (κ1) is 16.6. The number of hydrogen-bond acceptors (Lipinski definition) is 5. The van der Waals surface area contributed by atoms with Crippen LogP contribution >= 0.6 is 11.3 Å². The highest BCUT2D eigenvalue weighted by atomic mass is 32.1. The summed E-state index contributed by atoms with van der Waals surface area (Å²) in [6, 6.07) is 7.73. The van der Waals surface area contributed by atoms with Gasteiger partial charge in [-0.1, -0.05) is 24.6 Å². The number of esters is 1. The first-order valence-electron chi connectivity index (χ1n) is 8.03. The number of hydrogen-bond donors (Lipinski definition) is 0. The van der Waals surface area contributed by atoms with Gasteiger partial charge in [0, 0.05) is 24.0 Å². The Labute approximate surface area is 145 Å². The lowest BCUT2D eigenvalue weighted by molar-refractivity contribution is -0.149. The second kappa shape index (κ2) is 7.13. The topological polar surface area (TPSA) is 59.5 Å². The van der Waals surface area contributed by atoms with E-state index in [-0.39, 0.29) is 24.9 Å². The maximum absolute atomic E-state index is 12.2. The molecular formula is C18H20N2O3S. The maximum atomic E-state index is 12.2. The molecule has 126 valence electrons. The van der Waals surface area contributed by atoms with Crippen LogP contribution in [0.1, 0.15) is 29.6 Å². The number of benzene rings is 1. The molecule has 24 heavy (non-hydrogen) atoms. The number of carbonyl (C=O) groups excluding carboxylic acids is 2. The highest BCUT2D eigenvalue weighted by Gasteiger charge is 2.36. The molecule has 5 nitrogen and oxygen atoms in total. The van der Waals surface area contributed by atoms with Crippen LogP contribution in [0.4, 0.5) is 5.69 Å². The van der Waals surface area contributed by atoms with Crippen LogP contribution in [0.3, 0.4) is 0 Å². The smallest absolute Gasteiger partial charge is 0.311 e. The van der Waals surface area contributed by atoms with E-state index in [2.05, 4.69) is 4.98 Å². The summed E-state index contributed by atoms with van der Waals surface area (Å²) in [6.07, 6.45) is 1.07. The Kier molecular flexibility index (Phi) is 4.94. The van der Waals surface area contributed by atoms with E-state index in [9.17, 15) is 9.59 Å². The molecule has 0 saturated carbocycles. The van der Waals surface area contributed by atoms with E-state index in [1.807, 2.05) is 43.5 Å². The third-order valence-corrected chi connectivity index (χ3v) is 5.11. The minimum atomic E-state index is -0.414. The lowest BCUT2D eigenvalue weighted by atomic mass is 10.1. The molecule has 2 aromatic rings. The summed E-state index contributed by atoms with van der Waals surface area (Å²) in [5.41, 5.74) is 2.73. The molecule has 1 aliphatic rings. The molecule has 1 unspecified atom stereocenters. The Bertz CT molecular complexity index is 739. The number of thiazole rings is 1. The van der Waals surface area contributed by atoms with Gasteiger partial charge >= 0.3 is 5.97 Å². The van der Waals surface area contributed by atoms with Crippen molar-refractivity contribution in [2.24, 2.45) is 5.92 Å². The van der Waals surface area contributed by atoms with Crippen LogP contribution in [-0.2, 0) is 27.4 Å². The minimum Gasteiger partial charge on any atom is -0.459 e. The molecule has 1 aromatic carbocycles. The Morgan fingerprint density at radius 3 is 2.79 bits per heavy atom. The number of aryl methyl sites for hydroxylation is 2. The fourth-order valence-corrected chi connectivity index (χ4v) is 3.41. The number of anilines is 1. The molecule has 1 saturated heterocycles. The lowest BCUT2D eigenvalue weighted by Crippen LogP contribution is -2.26. The number of amides is 1. The van der Waals surface area contributed by atoms with Gasteiger partial charge in [0.2, 0.25) is 5.91 Å². The van der Waals surface area contributed by atoms with Gasteiger partial charge in [-0.05, 0) is 25.5 Å². The third kappa shape index (κ3) is 3.64.